The molecule has 2 rings (SSSR count). The van der Waals surface area contributed by atoms with Crippen LogP contribution in [0, 0.1) is 11.2 Å². The average Bonchev–Trinajstić information content (AvgIpc) is 2.63. The van der Waals surface area contributed by atoms with Gasteiger partial charge in [0.1, 0.15) is 11.6 Å². The van der Waals surface area contributed by atoms with Crippen molar-refractivity contribution < 1.29 is 4.39 Å². The number of aryl methyl sites for hydroxylation is 1. The molecule has 0 aliphatic rings. The van der Waals surface area contributed by atoms with E-state index in [-0.39, 0.29) is 10.4 Å². The average molecular weight is 303 g/mol. The van der Waals surface area contributed by atoms with Crippen molar-refractivity contribution >= 4 is 34.2 Å². The lowest BCUT2D eigenvalue weighted by atomic mass is 9.92. The van der Waals surface area contributed by atoms with Gasteiger partial charge in [0.15, 0.2) is 0 Å². The van der Waals surface area contributed by atoms with E-state index in [1.165, 1.54) is 6.07 Å². The molecule has 0 amide bonds. The van der Waals surface area contributed by atoms with Gasteiger partial charge in [-0.15, -0.1) is 11.6 Å². The lowest BCUT2D eigenvalue weighted by Crippen LogP contribution is -2.12. The van der Waals surface area contributed by atoms with Crippen molar-refractivity contribution in [1.82, 2.24) is 9.55 Å². The van der Waals surface area contributed by atoms with E-state index >= 15 is 0 Å². The maximum absolute atomic E-state index is 13.6. The first kappa shape index (κ1) is 14.6. The van der Waals surface area contributed by atoms with Gasteiger partial charge < -0.3 is 4.57 Å². The molecule has 2 aromatic rings. The fourth-order valence-electron chi connectivity index (χ4n) is 1.97. The van der Waals surface area contributed by atoms with Crippen molar-refractivity contribution in [2.24, 2.45) is 5.41 Å². The second-order valence-corrected chi connectivity index (χ2v) is 6.55. The fraction of sp³-hybridized carbons (Fsp3) is 0.500. The Balaban J connectivity index is 2.48. The number of nitrogens with zero attached hydrogens (tertiary/aromatic N) is 2. The van der Waals surface area contributed by atoms with Crippen LogP contribution in [0.15, 0.2) is 12.1 Å². The number of halogens is 3. The molecule has 104 valence electrons. The molecule has 0 aliphatic carbocycles. The number of imidazole rings is 1. The van der Waals surface area contributed by atoms with E-state index in [1.807, 2.05) is 4.57 Å². The molecule has 0 atom stereocenters. The van der Waals surface area contributed by atoms with Gasteiger partial charge in [-0.25, -0.2) is 9.37 Å². The van der Waals surface area contributed by atoms with Gasteiger partial charge in [0, 0.05) is 12.6 Å². The molecule has 1 heterocycles. The summed E-state index contributed by atoms with van der Waals surface area (Å²) in [7, 11) is 0. The minimum Gasteiger partial charge on any atom is -0.327 e. The first-order valence-electron chi connectivity index (χ1n) is 6.22. The predicted octanol–water partition coefficient (Wildman–Crippen LogP) is 5.00. The van der Waals surface area contributed by atoms with Crippen molar-refractivity contribution in [1.29, 1.82) is 0 Å². The van der Waals surface area contributed by atoms with E-state index in [0.717, 1.165) is 24.3 Å². The van der Waals surface area contributed by atoms with Gasteiger partial charge in [-0.05, 0) is 17.9 Å². The van der Waals surface area contributed by atoms with Crippen LogP contribution in [-0.4, -0.2) is 9.55 Å². The normalized spacial score (nSPS) is 12.3. The van der Waals surface area contributed by atoms with Gasteiger partial charge in [0.25, 0.3) is 0 Å². The van der Waals surface area contributed by atoms with Crippen LogP contribution in [0.3, 0.4) is 0 Å². The molecule has 1 aromatic carbocycles. The maximum atomic E-state index is 13.6. The molecule has 2 nitrogen and oxygen atoms in total. The summed E-state index contributed by atoms with van der Waals surface area (Å²) in [6.07, 6.45) is 0.965. The molecule has 0 unspecified atom stereocenters. The van der Waals surface area contributed by atoms with Crippen LogP contribution in [0.2, 0.25) is 5.02 Å². The van der Waals surface area contributed by atoms with Crippen molar-refractivity contribution in [3.8, 4) is 0 Å². The van der Waals surface area contributed by atoms with Crippen LogP contribution in [0.5, 0.6) is 0 Å². The van der Waals surface area contributed by atoms with E-state index in [9.17, 15) is 4.39 Å². The molecule has 0 saturated carbocycles. The van der Waals surface area contributed by atoms with Crippen molar-refractivity contribution in [3.05, 3.63) is 28.8 Å². The molecule has 1 aromatic heterocycles. The number of hydrogen-bond donors (Lipinski definition) is 0. The standard InChI is InChI=1S/C14H17Cl2FN2/c1-14(2,3)4-5-19-12-7-10(17)9(16)6-11(12)18-13(19)8-15/h6-7H,4-5,8H2,1-3H3. The molecule has 0 saturated heterocycles. The smallest absolute Gasteiger partial charge is 0.144 e. The first-order valence-corrected chi connectivity index (χ1v) is 7.13. The second kappa shape index (κ2) is 5.29. The van der Waals surface area contributed by atoms with Crippen LogP contribution in [0.4, 0.5) is 4.39 Å². The number of aromatic nitrogens is 2. The summed E-state index contributed by atoms with van der Waals surface area (Å²) >= 11 is 11.7. The Labute approximate surface area is 122 Å². The van der Waals surface area contributed by atoms with Crippen LogP contribution < -0.4 is 0 Å². The number of benzene rings is 1. The summed E-state index contributed by atoms with van der Waals surface area (Å²) in [6, 6.07) is 2.99. The summed E-state index contributed by atoms with van der Waals surface area (Å²) in [5.74, 6) is 0.632. The lowest BCUT2D eigenvalue weighted by molar-refractivity contribution is 0.351. The molecule has 0 N–H and O–H groups in total. The lowest BCUT2D eigenvalue weighted by Gasteiger charge is -2.19. The van der Waals surface area contributed by atoms with Gasteiger partial charge in [0.05, 0.1) is 21.9 Å². The molecule has 0 aliphatic heterocycles. The summed E-state index contributed by atoms with van der Waals surface area (Å²) < 4.78 is 15.6. The van der Waals surface area contributed by atoms with Crippen LogP contribution in [0.25, 0.3) is 11.0 Å². The van der Waals surface area contributed by atoms with Gasteiger partial charge >= 0.3 is 0 Å². The predicted molar refractivity (Wildman–Crippen MR) is 78.3 cm³/mol. The van der Waals surface area contributed by atoms with Crippen molar-refractivity contribution in [3.63, 3.8) is 0 Å². The minimum absolute atomic E-state index is 0.0918. The molecule has 0 spiro atoms. The Kier molecular flexibility index (Phi) is 4.07. The van der Waals surface area contributed by atoms with E-state index in [1.54, 1.807) is 6.07 Å². The number of rotatable bonds is 3. The highest BCUT2D eigenvalue weighted by Gasteiger charge is 2.16. The first-order chi connectivity index (χ1) is 8.81. The Hall–Kier alpha value is -0.800. The third-order valence-electron chi connectivity index (χ3n) is 3.07. The molecular weight excluding hydrogens is 286 g/mol. The van der Waals surface area contributed by atoms with Crippen LogP contribution in [-0.2, 0) is 12.4 Å². The zero-order chi connectivity index (χ0) is 14.2. The SMILES string of the molecule is CC(C)(C)CCn1c(CCl)nc2cc(Cl)c(F)cc21. The maximum Gasteiger partial charge on any atom is 0.144 e. The van der Waals surface area contributed by atoms with Crippen LogP contribution in [0.1, 0.15) is 33.0 Å². The molecule has 19 heavy (non-hydrogen) atoms. The molecule has 5 heteroatoms. The summed E-state index contributed by atoms with van der Waals surface area (Å²) in [4.78, 5) is 4.41. The highest BCUT2D eigenvalue weighted by Crippen LogP contribution is 2.27. The zero-order valence-corrected chi connectivity index (χ0v) is 12.8. The van der Waals surface area contributed by atoms with Crippen molar-refractivity contribution in [2.45, 2.75) is 39.6 Å². The summed E-state index contributed by atoms with van der Waals surface area (Å²) in [6.45, 7) is 7.28. The number of hydrogen-bond acceptors (Lipinski definition) is 1. The topological polar surface area (TPSA) is 17.8 Å². The summed E-state index contributed by atoms with van der Waals surface area (Å²) in [5, 5.41) is 0.0918. The van der Waals surface area contributed by atoms with Crippen LogP contribution >= 0.6 is 23.2 Å². The fourth-order valence-corrected chi connectivity index (χ4v) is 2.33. The largest absolute Gasteiger partial charge is 0.327 e. The highest BCUT2D eigenvalue weighted by molar-refractivity contribution is 6.31. The van der Waals surface area contributed by atoms with E-state index in [2.05, 4.69) is 25.8 Å². The second-order valence-electron chi connectivity index (χ2n) is 5.88. The highest BCUT2D eigenvalue weighted by atomic mass is 35.5. The Morgan fingerprint density at radius 2 is 2.00 bits per heavy atom. The van der Waals surface area contributed by atoms with E-state index in [0.29, 0.717) is 11.4 Å². The summed E-state index contributed by atoms with van der Waals surface area (Å²) in [5.41, 5.74) is 1.64. The number of fused-ring (bicyclic) bond motifs is 1. The van der Waals surface area contributed by atoms with Gasteiger partial charge in [0.2, 0.25) is 0 Å². The third kappa shape index (κ3) is 3.21. The van der Waals surface area contributed by atoms with Gasteiger partial charge in [-0.1, -0.05) is 32.4 Å². The van der Waals surface area contributed by atoms with E-state index in [4.69, 9.17) is 23.2 Å². The molecule has 0 radical (unpaired) electrons. The van der Waals surface area contributed by atoms with Gasteiger partial charge in [-0.3, -0.25) is 0 Å². The van der Waals surface area contributed by atoms with Crippen molar-refractivity contribution in [2.75, 3.05) is 0 Å². The monoisotopic (exact) mass is 302 g/mol. The molecule has 0 bridgehead atoms. The Bertz CT molecular complexity index is 599. The van der Waals surface area contributed by atoms with E-state index < -0.39 is 5.82 Å². The zero-order valence-electron chi connectivity index (χ0n) is 11.3. The van der Waals surface area contributed by atoms with Gasteiger partial charge in [-0.2, -0.15) is 0 Å². The minimum atomic E-state index is -0.424. The quantitative estimate of drug-likeness (QED) is 0.729. The Morgan fingerprint density at radius 1 is 1.32 bits per heavy atom. The molecule has 0 fully saturated rings. The Morgan fingerprint density at radius 3 is 2.58 bits per heavy atom. The molecular formula is C14H17Cl2FN2. The number of alkyl halides is 1. The third-order valence-corrected chi connectivity index (χ3v) is 3.60.